The Morgan fingerprint density at radius 2 is 1.84 bits per heavy atom. The zero-order chi connectivity index (χ0) is 30.8. The first-order valence-electron chi connectivity index (χ1n) is 14.9. The summed E-state index contributed by atoms with van der Waals surface area (Å²) in [6.07, 6.45) is 4.65. The number of carbonyl (C=O) groups is 2. The third-order valence-corrected chi connectivity index (χ3v) is 8.30. The lowest BCUT2D eigenvalue weighted by Crippen LogP contribution is -2.48. The average molecular weight is 585 g/mol. The number of aryl methyl sites for hydroxylation is 3. The van der Waals surface area contributed by atoms with Crippen molar-refractivity contribution < 1.29 is 14.7 Å². The smallest absolute Gasteiger partial charge is 0.407 e. The molecule has 0 bridgehead atoms. The number of pyridine rings is 2. The number of aromatic amines is 1. The molecule has 0 aliphatic carbocycles. The van der Waals surface area contributed by atoms with Gasteiger partial charge in [-0.15, -0.1) is 0 Å². The molecule has 2 amide bonds. The lowest BCUT2D eigenvalue weighted by molar-refractivity contribution is 0.0950. The number of nitrogens with zero attached hydrogens (tertiary/aromatic N) is 4. The first-order valence-corrected chi connectivity index (χ1v) is 14.9. The van der Waals surface area contributed by atoms with Crippen molar-refractivity contribution in [2.24, 2.45) is 0 Å². The van der Waals surface area contributed by atoms with E-state index in [1.165, 1.54) is 4.90 Å². The largest absolute Gasteiger partial charge is 0.465 e. The number of hydrogen-bond donors (Lipinski definition) is 3. The molecule has 0 saturated carbocycles. The molecule has 10 nitrogen and oxygen atoms in total. The van der Waals surface area contributed by atoms with E-state index in [4.69, 9.17) is 4.98 Å². The lowest BCUT2D eigenvalue weighted by Gasteiger charge is -2.33. The Morgan fingerprint density at radius 3 is 2.47 bits per heavy atom. The Hall–Kier alpha value is -4.60. The van der Waals surface area contributed by atoms with Crippen LogP contribution in [0.4, 0.5) is 10.6 Å². The van der Waals surface area contributed by atoms with Crippen LogP contribution in [0, 0.1) is 13.8 Å². The highest BCUT2D eigenvalue weighted by Crippen LogP contribution is 2.35. The number of hydrogen-bond acceptors (Lipinski definition) is 5. The quantitative estimate of drug-likeness (QED) is 0.259. The van der Waals surface area contributed by atoms with Crippen molar-refractivity contribution in [1.82, 2.24) is 24.8 Å². The van der Waals surface area contributed by atoms with E-state index in [9.17, 15) is 19.5 Å². The van der Waals surface area contributed by atoms with Gasteiger partial charge in [-0.1, -0.05) is 13.3 Å². The van der Waals surface area contributed by atoms with Crippen molar-refractivity contribution in [1.29, 1.82) is 0 Å². The fourth-order valence-corrected chi connectivity index (χ4v) is 6.02. The molecular formula is C33H40N6O4. The molecular weight excluding hydrogens is 544 g/mol. The summed E-state index contributed by atoms with van der Waals surface area (Å²) in [5.41, 5.74) is 6.40. The minimum Gasteiger partial charge on any atom is -0.465 e. The fraction of sp³-hybridized carbons (Fsp3) is 0.394. The second kappa shape index (κ2) is 12.3. The zero-order valence-corrected chi connectivity index (χ0v) is 25.5. The van der Waals surface area contributed by atoms with Crippen LogP contribution in [-0.4, -0.2) is 62.7 Å². The van der Waals surface area contributed by atoms with Crippen LogP contribution in [-0.2, 0) is 13.0 Å². The number of anilines is 1. The Bertz CT molecular complexity index is 1710. The first-order chi connectivity index (χ1) is 20.6. The predicted octanol–water partition coefficient (Wildman–Crippen LogP) is 5.27. The van der Waals surface area contributed by atoms with Gasteiger partial charge < -0.3 is 29.8 Å². The Morgan fingerprint density at radius 1 is 1.09 bits per heavy atom. The van der Waals surface area contributed by atoms with Gasteiger partial charge in [-0.3, -0.25) is 9.59 Å². The summed E-state index contributed by atoms with van der Waals surface area (Å²) < 4.78 is 2.18. The number of nitrogens with one attached hydrogen (secondary N) is 2. The van der Waals surface area contributed by atoms with Crippen LogP contribution in [0.1, 0.15) is 66.0 Å². The van der Waals surface area contributed by atoms with Crippen LogP contribution in [0.2, 0.25) is 0 Å². The maximum Gasteiger partial charge on any atom is 0.407 e. The standard InChI is InChI=1S/C33H40N6O4/c1-6-7-23-16-21(4)36-32(41)28(23)19-35-31(40)26-17-27(25-10-11-39(20(2)3)30(25)22(26)5)24-8-9-29(34-18-24)37-12-14-38(15-13-37)33(42)43/h8-11,16-18,20H,6-7,12-15,19H2,1-5H3,(H,35,40)(H,36,41)(H,42,43). The van der Waals surface area contributed by atoms with Crippen molar-refractivity contribution in [3.8, 4) is 11.1 Å². The van der Waals surface area contributed by atoms with Crippen molar-refractivity contribution in [3.63, 3.8) is 0 Å². The number of piperazine rings is 1. The molecule has 0 atom stereocenters. The van der Waals surface area contributed by atoms with Gasteiger partial charge in [-0.25, -0.2) is 9.78 Å². The van der Waals surface area contributed by atoms with Gasteiger partial charge in [0.25, 0.3) is 11.5 Å². The van der Waals surface area contributed by atoms with Crippen molar-refractivity contribution >= 4 is 28.7 Å². The SMILES string of the molecule is CCCc1cc(C)[nH]c(=O)c1CNC(=O)c1cc(-c2ccc(N3CCN(C(=O)O)CC3)nc2)c2ccn(C(C)C)c2c1C. The number of carboxylic acid groups (broad SMARTS) is 1. The van der Waals surface area contributed by atoms with E-state index in [0.717, 1.165) is 57.5 Å². The van der Waals surface area contributed by atoms with Crippen molar-refractivity contribution in [3.05, 3.63) is 81.0 Å². The molecule has 0 spiro atoms. The van der Waals surface area contributed by atoms with Crippen LogP contribution < -0.4 is 15.8 Å². The molecule has 4 heterocycles. The Kier molecular flexibility index (Phi) is 8.57. The number of carbonyl (C=O) groups excluding carboxylic acids is 1. The molecule has 43 heavy (non-hydrogen) atoms. The first kappa shape index (κ1) is 29.9. The highest BCUT2D eigenvalue weighted by Gasteiger charge is 2.23. The molecule has 226 valence electrons. The van der Waals surface area contributed by atoms with Crippen LogP contribution >= 0.6 is 0 Å². The molecule has 5 rings (SSSR count). The highest BCUT2D eigenvalue weighted by molar-refractivity contribution is 6.06. The molecule has 1 saturated heterocycles. The summed E-state index contributed by atoms with van der Waals surface area (Å²) in [7, 11) is 0. The highest BCUT2D eigenvalue weighted by atomic mass is 16.4. The van der Waals surface area contributed by atoms with Gasteiger partial charge in [-0.2, -0.15) is 0 Å². The maximum atomic E-state index is 13.8. The molecule has 1 aliphatic heterocycles. The monoisotopic (exact) mass is 584 g/mol. The molecule has 1 aromatic carbocycles. The summed E-state index contributed by atoms with van der Waals surface area (Å²) in [5, 5.41) is 13.3. The molecule has 1 fully saturated rings. The summed E-state index contributed by atoms with van der Waals surface area (Å²) in [6, 6.07) is 10.1. The lowest BCUT2D eigenvalue weighted by atomic mass is 9.95. The van der Waals surface area contributed by atoms with Crippen molar-refractivity contribution in [2.45, 2.75) is 60.0 Å². The number of amides is 2. The normalized spacial score (nSPS) is 13.6. The van der Waals surface area contributed by atoms with Gasteiger partial charge in [-0.05, 0) is 81.1 Å². The van der Waals surface area contributed by atoms with E-state index in [0.29, 0.717) is 37.3 Å². The molecule has 1 aliphatic rings. The topological polar surface area (TPSA) is 124 Å². The molecule has 4 aromatic rings. The Balaban J connectivity index is 1.48. The molecule has 0 unspecified atom stereocenters. The van der Waals surface area contributed by atoms with E-state index in [1.54, 1.807) is 0 Å². The van der Waals surface area contributed by atoms with E-state index in [2.05, 4.69) is 52.8 Å². The van der Waals surface area contributed by atoms with Gasteiger partial charge in [0, 0.05) is 78.9 Å². The fourth-order valence-electron chi connectivity index (χ4n) is 6.02. The number of benzene rings is 1. The van der Waals surface area contributed by atoms with Gasteiger partial charge in [0.2, 0.25) is 0 Å². The summed E-state index contributed by atoms with van der Waals surface area (Å²) in [6.45, 7) is 12.3. The zero-order valence-electron chi connectivity index (χ0n) is 25.5. The van der Waals surface area contributed by atoms with Crippen molar-refractivity contribution in [2.75, 3.05) is 31.1 Å². The summed E-state index contributed by atoms with van der Waals surface area (Å²) in [4.78, 5) is 48.9. The third kappa shape index (κ3) is 6.00. The van der Waals surface area contributed by atoms with E-state index >= 15 is 0 Å². The van der Waals surface area contributed by atoms with Crippen LogP contribution in [0.15, 0.2) is 47.5 Å². The van der Waals surface area contributed by atoms with Crippen LogP contribution in [0.25, 0.3) is 22.0 Å². The number of fused-ring (bicyclic) bond motifs is 1. The third-order valence-electron chi connectivity index (χ3n) is 8.30. The van der Waals surface area contributed by atoms with E-state index in [-0.39, 0.29) is 24.1 Å². The minimum atomic E-state index is -0.897. The maximum absolute atomic E-state index is 13.8. The second-order valence-corrected chi connectivity index (χ2v) is 11.6. The van der Waals surface area contributed by atoms with Crippen LogP contribution in [0.3, 0.4) is 0 Å². The van der Waals surface area contributed by atoms with E-state index in [1.807, 2.05) is 44.3 Å². The van der Waals surface area contributed by atoms with Gasteiger partial charge in [0.15, 0.2) is 0 Å². The summed E-state index contributed by atoms with van der Waals surface area (Å²) >= 11 is 0. The predicted molar refractivity (Wildman–Crippen MR) is 169 cm³/mol. The average Bonchev–Trinajstić information content (AvgIpc) is 3.43. The van der Waals surface area contributed by atoms with Gasteiger partial charge >= 0.3 is 6.09 Å². The summed E-state index contributed by atoms with van der Waals surface area (Å²) in [5.74, 6) is 0.557. The second-order valence-electron chi connectivity index (χ2n) is 11.6. The number of aromatic nitrogens is 3. The molecule has 0 radical (unpaired) electrons. The Labute approximate surface area is 251 Å². The molecule has 3 N–H and O–H groups in total. The minimum absolute atomic E-state index is 0.146. The molecule has 10 heteroatoms. The van der Waals surface area contributed by atoms with E-state index < -0.39 is 6.09 Å². The van der Waals surface area contributed by atoms with Gasteiger partial charge in [0.1, 0.15) is 5.82 Å². The molecule has 3 aromatic heterocycles. The van der Waals surface area contributed by atoms with Gasteiger partial charge in [0.05, 0.1) is 5.52 Å². The van der Waals surface area contributed by atoms with Crippen LogP contribution in [0.5, 0.6) is 0 Å². The number of rotatable bonds is 8. The number of H-pyrrole nitrogens is 1.